The second-order valence-electron chi connectivity index (χ2n) is 6.27. The molecule has 0 aliphatic rings. The van der Waals surface area contributed by atoms with Gasteiger partial charge in [0, 0.05) is 31.7 Å². The maximum Gasteiger partial charge on any atom is 0.410 e. The number of hydrogen-bond donors (Lipinski definition) is 2. The third-order valence-corrected chi connectivity index (χ3v) is 3.01. The summed E-state index contributed by atoms with van der Waals surface area (Å²) in [6, 6.07) is 7.23. The highest BCUT2D eigenvalue weighted by molar-refractivity contribution is 5.68. The minimum atomic E-state index is -0.480. The zero-order chi connectivity index (χ0) is 16.6. The standard InChI is InChI=1S/C17H28N2O3/c1-5-11-19(16(21)22-17(2,3)4)12-10-18-13-14-8-6-7-9-15(14)20/h6-9,18,20H,5,10-13H2,1-4H3. The number of carbonyl (C=O) groups is 1. The number of ether oxygens (including phenoxy) is 1. The van der Waals surface area contributed by atoms with E-state index in [4.69, 9.17) is 4.74 Å². The summed E-state index contributed by atoms with van der Waals surface area (Å²) in [4.78, 5) is 13.8. The lowest BCUT2D eigenvalue weighted by Crippen LogP contribution is -2.40. The number of phenolic OH excluding ortho intramolecular Hbond substituents is 1. The van der Waals surface area contributed by atoms with E-state index in [1.165, 1.54) is 0 Å². The van der Waals surface area contributed by atoms with Crippen LogP contribution in [-0.2, 0) is 11.3 Å². The molecule has 0 unspecified atom stereocenters. The van der Waals surface area contributed by atoms with E-state index in [-0.39, 0.29) is 11.8 Å². The first-order valence-corrected chi connectivity index (χ1v) is 7.79. The second kappa shape index (κ2) is 8.63. The van der Waals surface area contributed by atoms with Crippen LogP contribution in [-0.4, -0.2) is 41.3 Å². The summed E-state index contributed by atoms with van der Waals surface area (Å²) in [5.41, 5.74) is 0.369. The first kappa shape index (κ1) is 18.3. The number of nitrogens with zero attached hydrogens (tertiary/aromatic N) is 1. The summed E-state index contributed by atoms with van der Waals surface area (Å²) in [5.74, 6) is 0.285. The number of aromatic hydroxyl groups is 1. The Bertz CT molecular complexity index is 469. The van der Waals surface area contributed by atoms with E-state index in [1.54, 1.807) is 17.0 Å². The predicted octanol–water partition coefficient (Wildman–Crippen LogP) is 3.13. The summed E-state index contributed by atoms with van der Waals surface area (Å²) in [6.45, 7) is 10.1. The van der Waals surface area contributed by atoms with Gasteiger partial charge in [-0.1, -0.05) is 25.1 Å². The predicted molar refractivity (Wildman–Crippen MR) is 87.9 cm³/mol. The van der Waals surface area contributed by atoms with Crippen molar-refractivity contribution in [1.29, 1.82) is 0 Å². The molecule has 1 aromatic carbocycles. The van der Waals surface area contributed by atoms with Gasteiger partial charge in [0.1, 0.15) is 11.4 Å². The van der Waals surface area contributed by atoms with Crippen LogP contribution in [0.5, 0.6) is 5.75 Å². The van der Waals surface area contributed by atoms with E-state index in [1.807, 2.05) is 39.8 Å². The molecule has 0 spiro atoms. The summed E-state index contributed by atoms with van der Waals surface area (Å²) in [6.07, 6.45) is 0.609. The lowest BCUT2D eigenvalue weighted by atomic mass is 10.2. The fourth-order valence-electron chi connectivity index (χ4n) is 1.99. The molecular weight excluding hydrogens is 280 g/mol. The van der Waals surface area contributed by atoms with E-state index in [9.17, 15) is 9.90 Å². The number of benzene rings is 1. The molecule has 5 nitrogen and oxygen atoms in total. The van der Waals surface area contributed by atoms with E-state index < -0.39 is 5.60 Å². The SMILES string of the molecule is CCCN(CCNCc1ccccc1O)C(=O)OC(C)(C)C. The highest BCUT2D eigenvalue weighted by Gasteiger charge is 2.21. The van der Waals surface area contributed by atoms with Crippen molar-refractivity contribution >= 4 is 6.09 Å². The zero-order valence-electron chi connectivity index (χ0n) is 14.1. The van der Waals surface area contributed by atoms with Crippen molar-refractivity contribution in [2.24, 2.45) is 0 Å². The van der Waals surface area contributed by atoms with Crippen LogP contribution in [0, 0.1) is 0 Å². The Morgan fingerprint density at radius 2 is 1.95 bits per heavy atom. The van der Waals surface area contributed by atoms with Crippen LogP contribution in [0.3, 0.4) is 0 Å². The van der Waals surface area contributed by atoms with E-state index >= 15 is 0 Å². The smallest absolute Gasteiger partial charge is 0.410 e. The molecule has 2 N–H and O–H groups in total. The highest BCUT2D eigenvalue weighted by Crippen LogP contribution is 2.14. The number of hydrogen-bond acceptors (Lipinski definition) is 4. The van der Waals surface area contributed by atoms with Crippen LogP contribution in [0.4, 0.5) is 4.79 Å². The molecule has 0 bridgehead atoms. The topological polar surface area (TPSA) is 61.8 Å². The summed E-state index contributed by atoms with van der Waals surface area (Å²) in [5, 5.41) is 12.9. The molecule has 0 aliphatic carbocycles. The zero-order valence-corrected chi connectivity index (χ0v) is 14.1. The molecule has 0 saturated heterocycles. The molecule has 0 atom stereocenters. The van der Waals surface area contributed by atoms with Crippen molar-refractivity contribution in [3.05, 3.63) is 29.8 Å². The molecular formula is C17H28N2O3. The molecule has 0 aliphatic heterocycles. The molecule has 0 aromatic heterocycles. The number of para-hydroxylation sites is 1. The molecule has 124 valence electrons. The van der Waals surface area contributed by atoms with Crippen molar-refractivity contribution in [1.82, 2.24) is 10.2 Å². The minimum Gasteiger partial charge on any atom is -0.508 e. The van der Waals surface area contributed by atoms with E-state index in [2.05, 4.69) is 5.32 Å². The van der Waals surface area contributed by atoms with Gasteiger partial charge in [0.25, 0.3) is 0 Å². The first-order valence-electron chi connectivity index (χ1n) is 7.79. The van der Waals surface area contributed by atoms with Gasteiger partial charge in [-0.3, -0.25) is 0 Å². The average molecular weight is 308 g/mol. The van der Waals surface area contributed by atoms with Gasteiger partial charge in [0.15, 0.2) is 0 Å². The molecule has 1 aromatic rings. The lowest BCUT2D eigenvalue weighted by Gasteiger charge is -2.27. The number of carbonyl (C=O) groups excluding carboxylic acids is 1. The van der Waals surface area contributed by atoms with Crippen LogP contribution in [0.2, 0.25) is 0 Å². The van der Waals surface area contributed by atoms with Crippen molar-refractivity contribution < 1.29 is 14.6 Å². The van der Waals surface area contributed by atoms with Crippen molar-refractivity contribution in [3.8, 4) is 5.75 Å². The molecule has 0 fully saturated rings. The van der Waals surface area contributed by atoms with Gasteiger partial charge in [-0.25, -0.2) is 4.79 Å². The Morgan fingerprint density at radius 3 is 2.55 bits per heavy atom. The van der Waals surface area contributed by atoms with Gasteiger partial charge in [0.05, 0.1) is 0 Å². The first-order chi connectivity index (χ1) is 10.3. The molecule has 22 heavy (non-hydrogen) atoms. The maximum atomic E-state index is 12.1. The average Bonchev–Trinajstić information content (AvgIpc) is 2.42. The molecule has 5 heteroatoms. The van der Waals surface area contributed by atoms with Gasteiger partial charge in [-0.15, -0.1) is 0 Å². The lowest BCUT2D eigenvalue weighted by molar-refractivity contribution is 0.0252. The minimum absolute atomic E-state index is 0.279. The number of phenols is 1. The third-order valence-electron chi connectivity index (χ3n) is 3.01. The monoisotopic (exact) mass is 308 g/mol. The van der Waals surface area contributed by atoms with Crippen LogP contribution in [0.25, 0.3) is 0 Å². The van der Waals surface area contributed by atoms with Crippen LogP contribution < -0.4 is 5.32 Å². The van der Waals surface area contributed by atoms with Gasteiger partial charge >= 0.3 is 6.09 Å². The van der Waals surface area contributed by atoms with Crippen LogP contribution in [0.1, 0.15) is 39.7 Å². The summed E-state index contributed by atoms with van der Waals surface area (Å²) in [7, 11) is 0. The Hall–Kier alpha value is -1.75. The van der Waals surface area contributed by atoms with Crippen molar-refractivity contribution in [3.63, 3.8) is 0 Å². The number of nitrogens with one attached hydrogen (secondary N) is 1. The van der Waals surface area contributed by atoms with Crippen LogP contribution >= 0.6 is 0 Å². The number of amides is 1. The summed E-state index contributed by atoms with van der Waals surface area (Å²) >= 11 is 0. The Balaban J connectivity index is 2.41. The Morgan fingerprint density at radius 1 is 1.27 bits per heavy atom. The number of rotatable bonds is 7. The maximum absolute atomic E-state index is 12.1. The van der Waals surface area contributed by atoms with Crippen molar-refractivity contribution in [2.45, 2.75) is 46.3 Å². The van der Waals surface area contributed by atoms with Crippen LogP contribution in [0.15, 0.2) is 24.3 Å². The largest absolute Gasteiger partial charge is 0.508 e. The Kier molecular flexibility index (Phi) is 7.18. The molecule has 0 saturated carbocycles. The second-order valence-corrected chi connectivity index (χ2v) is 6.27. The van der Waals surface area contributed by atoms with Crippen molar-refractivity contribution in [2.75, 3.05) is 19.6 Å². The fraction of sp³-hybridized carbons (Fsp3) is 0.588. The molecule has 1 amide bonds. The molecule has 0 heterocycles. The quantitative estimate of drug-likeness (QED) is 0.760. The fourth-order valence-corrected chi connectivity index (χ4v) is 1.99. The molecule has 1 rings (SSSR count). The molecule has 0 radical (unpaired) electrons. The van der Waals surface area contributed by atoms with Gasteiger partial charge in [0.2, 0.25) is 0 Å². The highest BCUT2D eigenvalue weighted by atomic mass is 16.6. The normalized spacial score (nSPS) is 11.3. The van der Waals surface area contributed by atoms with E-state index in [0.29, 0.717) is 26.2 Å². The van der Waals surface area contributed by atoms with Gasteiger partial charge < -0.3 is 20.1 Å². The Labute approximate surface area is 133 Å². The van der Waals surface area contributed by atoms with Gasteiger partial charge in [-0.05, 0) is 33.3 Å². The third kappa shape index (κ3) is 6.80. The summed E-state index contributed by atoms with van der Waals surface area (Å²) < 4.78 is 5.41. The van der Waals surface area contributed by atoms with E-state index in [0.717, 1.165) is 12.0 Å². The van der Waals surface area contributed by atoms with Gasteiger partial charge in [-0.2, -0.15) is 0 Å².